The summed E-state index contributed by atoms with van der Waals surface area (Å²) in [7, 11) is 0. The number of rotatable bonds is 10. The van der Waals surface area contributed by atoms with Gasteiger partial charge in [-0.15, -0.1) is 0 Å². The molecule has 164 valence electrons. The summed E-state index contributed by atoms with van der Waals surface area (Å²) < 4.78 is 5.50. The van der Waals surface area contributed by atoms with Crippen LogP contribution in [0.4, 0.5) is 0 Å². The minimum absolute atomic E-state index is 0.0203. The van der Waals surface area contributed by atoms with E-state index in [9.17, 15) is 9.59 Å². The van der Waals surface area contributed by atoms with E-state index < -0.39 is 5.97 Å². The van der Waals surface area contributed by atoms with Crippen molar-refractivity contribution in [3.05, 3.63) is 47.5 Å². The molecule has 1 aliphatic carbocycles. The van der Waals surface area contributed by atoms with Crippen LogP contribution in [0.15, 0.2) is 36.4 Å². The van der Waals surface area contributed by atoms with Crippen molar-refractivity contribution < 1.29 is 19.4 Å². The number of morpholine rings is 1. The topological polar surface area (TPSA) is 66.8 Å². The molecule has 1 saturated carbocycles. The van der Waals surface area contributed by atoms with E-state index in [0.717, 1.165) is 31.7 Å². The van der Waals surface area contributed by atoms with E-state index in [2.05, 4.69) is 48.2 Å². The molecule has 1 aromatic carbocycles. The molecule has 0 amide bonds. The summed E-state index contributed by atoms with van der Waals surface area (Å²) in [5.41, 5.74) is 2.56. The second kappa shape index (κ2) is 11.7. The van der Waals surface area contributed by atoms with Crippen LogP contribution in [0, 0.1) is 12.8 Å². The van der Waals surface area contributed by atoms with Gasteiger partial charge in [-0.25, -0.2) is 0 Å². The number of hydrogen-bond acceptors (Lipinski definition) is 5. The maximum atomic E-state index is 13.0. The van der Waals surface area contributed by atoms with Crippen molar-refractivity contribution in [3.8, 4) is 0 Å². The monoisotopic (exact) mass is 431 g/mol. The Bertz CT molecular complexity index is 727. The molecule has 1 N–H and O–H groups in total. The van der Waals surface area contributed by atoms with Gasteiger partial charge in [-0.05, 0) is 37.7 Å². The first-order valence-corrected chi connectivity index (χ1v) is 12.0. The van der Waals surface area contributed by atoms with E-state index >= 15 is 0 Å². The summed E-state index contributed by atoms with van der Waals surface area (Å²) in [6, 6.07) is 8.62. The highest BCUT2D eigenvalue weighted by atomic mass is 32.2. The number of thioether (sulfide) groups is 1. The van der Waals surface area contributed by atoms with Gasteiger partial charge >= 0.3 is 5.97 Å². The van der Waals surface area contributed by atoms with Gasteiger partial charge in [0.05, 0.1) is 19.3 Å². The Labute approximate surface area is 183 Å². The van der Waals surface area contributed by atoms with E-state index in [4.69, 9.17) is 9.84 Å². The number of Topliss-reactive ketones (excluding diaryl/α,β-unsaturated/α-hetero) is 1. The van der Waals surface area contributed by atoms with E-state index in [1.165, 1.54) is 11.1 Å². The van der Waals surface area contributed by atoms with Gasteiger partial charge in [0.1, 0.15) is 0 Å². The van der Waals surface area contributed by atoms with Crippen molar-refractivity contribution in [2.45, 2.75) is 56.1 Å². The van der Waals surface area contributed by atoms with Crippen LogP contribution in [-0.2, 0) is 20.1 Å². The molecule has 3 rings (SSSR count). The zero-order chi connectivity index (χ0) is 21.3. The second-order valence-electron chi connectivity index (χ2n) is 8.26. The number of carboxylic acid groups (broad SMARTS) is 1. The Morgan fingerprint density at radius 2 is 1.97 bits per heavy atom. The maximum Gasteiger partial charge on any atom is 0.303 e. The normalized spacial score (nSPS) is 25.2. The molecule has 1 saturated heterocycles. The number of ketones is 1. The van der Waals surface area contributed by atoms with Crippen LogP contribution in [-0.4, -0.2) is 59.4 Å². The molecule has 1 heterocycles. The lowest BCUT2D eigenvalue weighted by Gasteiger charge is -2.35. The number of unbranched alkanes of at least 4 members (excludes halogenated alkanes) is 1. The quantitative estimate of drug-likeness (QED) is 0.445. The summed E-state index contributed by atoms with van der Waals surface area (Å²) in [5, 5.41) is 9.09. The predicted octanol–water partition coefficient (Wildman–Crippen LogP) is 4.09. The SMILES string of the molecule is Cc1ccc(CS[C@@H]2CC(=O)[C@@H](N3CCOCC3)[C@@H]2C/C=C\CCCC(=O)O)cc1. The zero-order valence-electron chi connectivity index (χ0n) is 17.8. The number of allylic oxidation sites excluding steroid dienone is 2. The van der Waals surface area contributed by atoms with E-state index in [1.54, 1.807) is 0 Å². The smallest absolute Gasteiger partial charge is 0.303 e. The number of aryl methyl sites for hydroxylation is 1. The molecule has 2 aliphatic rings. The highest BCUT2D eigenvalue weighted by molar-refractivity contribution is 7.99. The van der Waals surface area contributed by atoms with Gasteiger partial charge in [0.25, 0.3) is 0 Å². The molecule has 0 unspecified atom stereocenters. The van der Waals surface area contributed by atoms with Gasteiger partial charge in [-0.1, -0.05) is 42.0 Å². The number of carbonyl (C=O) groups is 2. The lowest BCUT2D eigenvalue weighted by Crippen LogP contribution is -2.48. The summed E-state index contributed by atoms with van der Waals surface area (Å²) >= 11 is 1.90. The number of hydrogen-bond donors (Lipinski definition) is 1. The van der Waals surface area contributed by atoms with Gasteiger partial charge in [0.15, 0.2) is 5.78 Å². The molecule has 1 aliphatic heterocycles. The third kappa shape index (κ3) is 6.69. The van der Waals surface area contributed by atoms with Gasteiger partial charge in [-0.3, -0.25) is 14.5 Å². The Balaban J connectivity index is 1.62. The number of nitrogens with zero attached hydrogens (tertiary/aromatic N) is 1. The van der Waals surface area contributed by atoms with Gasteiger partial charge < -0.3 is 9.84 Å². The number of benzene rings is 1. The first-order valence-electron chi connectivity index (χ1n) is 10.9. The van der Waals surface area contributed by atoms with Gasteiger partial charge in [-0.2, -0.15) is 11.8 Å². The van der Waals surface area contributed by atoms with Crippen molar-refractivity contribution in [3.63, 3.8) is 0 Å². The van der Waals surface area contributed by atoms with Crippen molar-refractivity contribution in [1.82, 2.24) is 4.90 Å². The number of carbonyl (C=O) groups excluding carboxylic acids is 1. The van der Waals surface area contributed by atoms with Crippen molar-refractivity contribution in [1.29, 1.82) is 0 Å². The molecule has 0 aromatic heterocycles. The van der Waals surface area contributed by atoms with Crippen LogP contribution in [0.25, 0.3) is 0 Å². The lowest BCUT2D eigenvalue weighted by molar-refractivity contribution is -0.137. The Kier molecular flexibility index (Phi) is 8.97. The molecule has 2 fully saturated rings. The highest BCUT2D eigenvalue weighted by Crippen LogP contribution is 2.39. The maximum absolute atomic E-state index is 13.0. The molecule has 1 aromatic rings. The van der Waals surface area contributed by atoms with Gasteiger partial charge in [0.2, 0.25) is 0 Å². The lowest BCUT2D eigenvalue weighted by atomic mass is 9.96. The summed E-state index contributed by atoms with van der Waals surface area (Å²) in [6.07, 6.45) is 7.40. The molecule has 0 spiro atoms. The van der Waals surface area contributed by atoms with Crippen LogP contribution < -0.4 is 0 Å². The molecular formula is C24H33NO4S. The Hall–Kier alpha value is -1.63. The van der Waals surface area contributed by atoms with Crippen molar-refractivity contribution in [2.24, 2.45) is 5.92 Å². The van der Waals surface area contributed by atoms with Crippen LogP contribution in [0.3, 0.4) is 0 Å². The van der Waals surface area contributed by atoms with E-state index in [1.807, 2.05) is 11.8 Å². The molecule has 6 heteroatoms. The average Bonchev–Trinajstić information content (AvgIpc) is 3.05. The molecule has 5 nitrogen and oxygen atoms in total. The molecular weight excluding hydrogens is 398 g/mol. The van der Waals surface area contributed by atoms with E-state index in [0.29, 0.717) is 43.0 Å². The fraction of sp³-hybridized carbons (Fsp3) is 0.583. The fourth-order valence-corrected chi connectivity index (χ4v) is 5.72. The fourth-order valence-electron chi connectivity index (χ4n) is 4.34. The van der Waals surface area contributed by atoms with Crippen LogP contribution in [0.2, 0.25) is 0 Å². The largest absolute Gasteiger partial charge is 0.481 e. The molecule has 0 bridgehead atoms. The minimum atomic E-state index is -0.746. The first kappa shape index (κ1) is 23.0. The standard InChI is InChI=1S/C24H33NO4S/c1-18-8-10-19(11-9-18)17-30-22-16-21(26)24(25-12-14-29-15-13-25)20(22)6-4-2-3-5-7-23(27)28/h2,4,8-11,20,22,24H,3,5-7,12-17H2,1H3,(H,27,28)/b4-2-/t20-,22-,24+/m1/s1. The highest BCUT2D eigenvalue weighted by Gasteiger charge is 2.45. The summed E-state index contributed by atoms with van der Waals surface area (Å²) in [6.45, 7) is 5.14. The number of ether oxygens (including phenoxy) is 1. The van der Waals surface area contributed by atoms with Crippen LogP contribution >= 0.6 is 11.8 Å². The van der Waals surface area contributed by atoms with Crippen LogP contribution in [0.5, 0.6) is 0 Å². The summed E-state index contributed by atoms with van der Waals surface area (Å²) in [5.74, 6) is 0.835. The Morgan fingerprint density at radius 3 is 2.67 bits per heavy atom. The average molecular weight is 432 g/mol. The zero-order valence-corrected chi connectivity index (χ0v) is 18.6. The third-order valence-corrected chi connectivity index (χ3v) is 7.42. The third-order valence-electron chi connectivity index (χ3n) is 5.98. The van der Waals surface area contributed by atoms with E-state index in [-0.39, 0.29) is 12.5 Å². The van der Waals surface area contributed by atoms with Crippen molar-refractivity contribution >= 4 is 23.5 Å². The van der Waals surface area contributed by atoms with Crippen molar-refractivity contribution in [2.75, 3.05) is 26.3 Å². The Morgan fingerprint density at radius 1 is 1.23 bits per heavy atom. The number of carboxylic acids is 1. The molecule has 30 heavy (non-hydrogen) atoms. The van der Waals surface area contributed by atoms with Crippen LogP contribution in [0.1, 0.15) is 43.2 Å². The summed E-state index contributed by atoms with van der Waals surface area (Å²) in [4.78, 5) is 26.0. The number of aliphatic carboxylic acids is 1. The predicted molar refractivity (Wildman–Crippen MR) is 121 cm³/mol. The second-order valence-corrected chi connectivity index (χ2v) is 9.48. The first-order chi connectivity index (χ1) is 14.5. The molecule has 3 atom stereocenters. The molecule has 0 radical (unpaired) electrons. The minimum Gasteiger partial charge on any atom is -0.481 e. The van der Waals surface area contributed by atoms with Gasteiger partial charge in [0, 0.05) is 36.9 Å².